The lowest BCUT2D eigenvalue weighted by atomic mass is 9.98. The van der Waals surface area contributed by atoms with Gasteiger partial charge in [0, 0.05) is 17.5 Å². The van der Waals surface area contributed by atoms with Crippen LogP contribution >= 0.6 is 11.6 Å². The summed E-state index contributed by atoms with van der Waals surface area (Å²) >= 11 is 6.18. The van der Waals surface area contributed by atoms with Gasteiger partial charge in [-0.15, -0.1) is 0 Å². The molecule has 2 aromatic carbocycles. The molecule has 0 bridgehead atoms. The van der Waals surface area contributed by atoms with Crippen molar-refractivity contribution >= 4 is 39.2 Å². The summed E-state index contributed by atoms with van der Waals surface area (Å²) in [5.41, 5.74) is 1.37. The number of amides is 1. The summed E-state index contributed by atoms with van der Waals surface area (Å²) < 4.78 is 40.7. The molecule has 2 aliphatic rings. The zero-order valence-electron chi connectivity index (χ0n) is 24.3. The third-order valence-corrected chi connectivity index (χ3v) is 9.66. The molecule has 1 N–H and O–H groups in total. The first-order valence-electron chi connectivity index (χ1n) is 14.6. The molecule has 11 heteroatoms. The number of anilines is 1. The fourth-order valence-corrected chi connectivity index (χ4v) is 7.03. The van der Waals surface area contributed by atoms with Gasteiger partial charge in [0.15, 0.2) is 5.76 Å². The number of aliphatic imine (C=N–C) groups is 1. The van der Waals surface area contributed by atoms with Crippen molar-refractivity contribution in [3.8, 4) is 16.9 Å². The summed E-state index contributed by atoms with van der Waals surface area (Å²) in [5.74, 6) is 1.74. The summed E-state index contributed by atoms with van der Waals surface area (Å²) in [6, 6.07) is 12.4. The van der Waals surface area contributed by atoms with Gasteiger partial charge in [-0.1, -0.05) is 80.2 Å². The number of amidine groups is 1. The number of carbonyl (C=O) groups is 1. The molecular formula is C31H37ClN4O5S. The van der Waals surface area contributed by atoms with E-state index in [1.807, 2.05) is 30.0 Å². The van der Waals surface area contributed by atoms with E-state index in [-0.39, 0.29) is 21.6 Å². The normalized spacial score (nSPS) is 16.3. The molecule has 1 amide bonds. The number of nitrogens with zero attached hydrogens (tertiary/aromatic N) is 3. The van der Waals surface area contributed by atoms with E-state index < -0.39 is 15.6 Å². The maximum absolute atomic E-state index is 13.7. The number of hydrogen-bond donors (Lipinski definition) is 1. The lowest BCUT2D eigenvalue weighted by Gasteiger charge is -2.23. The van der Waals surface area contributed by atoms with Gasteiger partial charge < -0.3 is 9.26 Å². The van der Waals surface area contributed by atoms with Crippen LogP contribution in [0.4, 0.5) is 5.82 Å². The maximum atomic E-state index is 13.7. The van der Waals surface area contributed by atoms with Crippen LogP contribution in [0.15, 0.2) is 56.9 Å². The summed E-state index contributed by atoms with van der Waals surface area (Å²) in [5, 5.41) is 3.84. The van der Waals surface area contributed by atoms with Crippen molar-refractivity contribution in [1.29, 1.82) is 0 Å². The second kappa shape index (κ2) is 12.5. The first-order chi connectivity index (χ1) is 20.2. The van der Waals surface area contributed by atoms with E-state index >= 15 is 0 Å². The van der Waals surface area contributed by atoms with Crippen LogP contribution in [0.5, 0.6) is 5.75 Å². The SMILES string of the molecule is CCCCC1=NC2(CCCC2)C(=O)N1Cc1ccc(-c2ccccc2S(=O)(=O)Nc2noc(C)c2Cl)c(OCCC)c1. The Morgan fingerprint density at radius 2 is 1.86 bits per heavy atom. The van der Waals surface area contributed by atoms with Crippen molar-refractivity contribution in [2.24, 2.45) is 4.99 Å². The molecule has 9 nitrogen and oxygen atoms in total. The summed E-state index contributed by atoms with van der Waals surface area (Å²) in [4.78, 5) is 20.6. The van der Waals surface area contributed by atoms with Crippen molar-refractivity contribution in [1.82, 2.24) is 10.1 Å². The molecule has 0 unspecified atom stereocenters. The van der Waals surface area contributed by atoms with Crippen LogP contribution in [-0.2, 0) is 21.4 Å². The molecule has 224 valence electrons. The Morgan fingerprint density at radius 1 is 1.10 bits per heavy atom. The topological polar surface area (TPSA) is 114 Å². The number of aryl methyl sites for hydroxylation is 1. The Kier molecular flexibility index (Phi) is 8.94. The molecule has 1 saturated carbocycles. The third-order valence-electron chi connectivity index (χ3n) is 7.82. The standard InChI is InChI=1S/C31H37ClN4O5S/c1-4-6-13-27-33-31(16-9-10-17-31)30(37)36(27)20-22-14-15-23(25(19-22)40-18-5-2)24-11-7-8-12-26(24)42(38,39)35-29-28(32)21(3)41-34-29/h7-8,11-12,14-15,19H,4-6,9-10,13,16-18,20H2,1-3H3,(H,34,35). The average molecular weight is 613 g/mol. The molecular weight excluding hydrogens is 576 g/mol. The zero-order chi connectivity index (χ0) is 29.9. The van der Waals surface area contributed by atoms with Crippen molar-refractivity contribution in [3.05, 3.63) is 58.8 Å². The van der Waals surface area contributed by atoms with Crippen molar-refractivity contribution in [2.75, 3.05) is 11.3 Å². The zero-order valence-corrected chi connectivity index (χ0v) is 25.9. The van der Waals surface area contributed by atoms with Gasteiger partial charge in [0.05, 0.1) is 18.0 Å². The second-order valence-corrected chi connectivity index (χ2v) is 13.0. The van der Waals surface area contributed by atoms with E-state index in [1.54, 1.807) is 25.1 Å². The highest BCUT2D eigenvalue weighted by Crippen LogP contribution is 2.41. The number of ether oxygens (including phenoxy) is 1. The molecule has 1 aliphatic heterocycles. The highest BCUT2D eigenvalue weighted by atomic mass is 35.5. The number of carbonyl (C=O) groups excluding carboxylic acids is 1. The fraction of sp³-hybridized carbons (Fsp3) is 0.452. The van der Waals surface area contributed by atoms with Gasteiger partial charge in [0.2, 0.25) is 5.82 Å². The Labute approximate surface area is 252 Å². The largest absolute Gasteiger partial charge is 0.493 e. The Bertz CT molecular complexity index is 1590. The van der Waals surface area contributed by atoms with E-state index in [1.165, 1.54) is 6.07 Å². The van der Waals surface area contributed by atoms with E-state index in [9.17, 15) is 13.2 Å². The molecule has 0 atom stereocenters. The Hall–Kier alpha value is -3.37. The lowest BCUT2D eigenvalue weighted by molar-refractivity contribution is -0.131. The highest BCUT2D eigenvalue weighted by molar-refractivity contribution is 7.92. The molecule has 42 heavy (non-hydrogen) atoms. The van der Waals surface area contributed by atoms with E-state index in [2.05, 4.69) is 16.8 Å². The molecule has 1 spiro atoms. The van der Waals surface area contributed by atoms with E-state index in [4.69, 9.17) is 25.9 Å². The quantitative estimate of drug-likeness (QED) is 0.233. The van der Waals surface area contributed by atoms with Crippen LogP contribution in [-0.4, -0.2) is 42.4 Å². The Morgan fingerprint density at radius 3 is 2.55 bits per heavy atom. The summed E-state index contributed by atoms with van der Waals surface area (Å²) in [6.45, 7) is 6.58. The second-order valence-electron chi connectivity index (χ2n) is 10.9. The Balaban J connectivity index is 1.49. The lowest BCUT2D eigenvalue weighted by Crippen LogP contribution is -2.40. The monoisotopic (exact) mass is 612 g/mol. The number of nitrogens with one attached hydrogen (secondary N) is 1. The van der Waals surface area contributed by atoms with Gasteiger partial charge in [0.25, 0.3) is 15.9 Å². The minimum Gasteiger partial charge on any atom is -0.493 e. The minimum absolute atomic E-state index is 0.0442. The van der Waals surface area contributed by atoms with Gasteiger partial charge in [-0.3, -0.25) is 19.4 Å². The molecule has 1 fully saturated rings. The van der Waals surface area contributed by atoms with Gasteiger partial charge >= 0.3 is 0 Å². The van der Waals surface area contributed by atoms with Crippen molar-refractivity contribution < 1.29 is 22.5 Å². The van der Waals surface area contributed by atoms with Crippen LogP contribution in [0.3, 0.4) is 0 Å². The van der Waals surface area contributed by atoms with Crippen molar-refractivity contribution in [2.45, 2.75) is 89.1 Å². The number of benzene rings is 2. The highest BCUT2D eigenvalue weighted by Gasteiger charge is 2.49. The third kappa shape index (κ3) is 5.92. The maximum Gasteiger partial charge on any atom is 0.263 e. The van der Waals surface area contributed by atoms with Crippen LogP contribution < -0.4 is 9.46 Å². The molecule has 2 heterocycles. The number of rotatable bonds is 12. The van der Waals surface area contributed by atoms with Crippen LogP contribution in [0.1, 0.15) is 76.5 Å². The minimum atomic E-state index is -4.08. The van der Waals surface area contributed by atoms with Crippen LogP contribution in [0.25, 0.3) is 11.1 Å². The van der Waals surface area contributed by atoms with Gasteiger partial charge in [-0.2, -0.15) is 0 Å². The van der Waals surface area contributed by atoms with Crippen LogP contribution in [0, 0.1) is 6.92 Å². The first kappa shape index (κ1) is 30.1. The van der Waals surface area contributed by atoms with E-state index in [0.717, 1.165) is 62.8 Å². The smallest absolute Gasteiger partial charge is 0.263 e. The van der Waals surface area contributed by atoms with Crippen molar-refractivity contribution in [3.63, 3.8) is 0 Å². The van der Waals surface area contributed by atoms with Crippen LogP contribution in [0.2, 0.25) is 5.02 Å². The average Bonchev–Trinajstić information content (AvgIpc) is 3.66. The number of aromatic nitrogens is 1. The van der Waals surface area contributed by atoms with Gasteiger partial charge in [-0.05, 0) is 50.3 Å². The first-order valence-corrected chi connectivity index (χ1v) is 16.5. The molecule has 0 radical (unpaired) electrons. The van der Waals surface area contributed by atoms with Gasteiger partial charge in [-0.25, -0.2) is 8.42 Å². The summed E-state index contributed by atoms with van der Waals surface area (Å²) in [6.07, 6.45) is 7.20. The number of hydrogen-bond acceptors (Lipinski definition) is 7. The number of sulfonamides is 1. The molecule has 1 aliphatic carbocycles. The fourth-order valence-electron chi connectivity index (χ4n) is 5.63. The molecule has 0 saturated heterocycles. The predicted molar refractivity (Wildman–Crippen MR) is 163 cm³/mol. The van der Waals surface area contributed by atoms with E-state index in [0.29, 0.717) is 35.8 Å². The predicted octanol–water partition coefficient (Wildman–Crippen LogP) is 7.14. The molecule has 3 aromatic rings. The van der Waals surface area contributed by atoms with Gasteiger partial charge in [0.1, 0.15) is 22.1 Å². The molecule has 1 aromatic heterocycles. The number of unbranched alkanes of at least 4 members (excludes halogenated alkanes) is 1. The number of halogens is 1. The molecule has 5 rings (SSSR count). The summed E-state index contributed by atoms with van der Waals surface area (Å²) in [7, 11) is -4.08.